The highest BCUT2D eigenvalue weighted by Crippen LogP contribution is 2.28. The lowest BCUT2D eigenvalue weighted by Gasteiger charge is -2.33. The summed E-state index contributed by atoms with van der Waals surface area (Å²) in [6.07, 6.45) is 5.28. The van der Waals surface area contributed by atoms with Crippen LogP contribution in [0.3, 0.4) is 0 Å². The quantitative estimate of drug-likeness (QED) is 0.707. The number of hydrogen-bond acceptors (Lipinski definition) is 3. The maximum atomic E-state index is 12.3. The van der Waals surface area contributed by atoms with Gasteiger partial charge in [-0.15, -0.1) is 0 Å². The molecule has 3 unspecified atom stereocenters. The van der Waals surface area contributed by atoms with Gasteiger partial charge in [-0.1, -0.05) is 12.8 Å². The minimum absolute atomic E-state index is 0.0117. The molecule has 4 amide bonds. The van der Waals surface area contributed by atoms with Crippen LogP contribution in [0.25, 0.3) is 0 Å². The molecule has 0 aromatic heterocycles. The average molecular weight is 354 g/mol. The van der Waals surface area contributed by atoms with Gasteiger partial charge < -0.3 is 25.6 Å². The van der Waals surface area contributed by atoms with Crippen molar-refractivity contribution in [1.29, 1.82) is 0 Å². The van der Waals surface area contributed by atoms with Crippen LogP contribution in [0.4, 0.5) is 9.59 Å². The van der Waals surface area contributed by atoms with Gasteiger partial charge in [0.25, 0.3) is 0 Å². The Bertz CT molecular complexity index is 438. The van der Waals surface area contributed by atoms with E-state index in [2.05, 4.69) is 22.9 Å². The average Bonchev–Trinajstić information content (AvgIpc) is 2.55. The van der Waals surface area contributed by atoms with E-state index in [0.717, 1.165) is 25.7 Å². The molecule has 25 heavy (non-hydrogen) atoms. The van der Waals surface area contributed by atoms with Crippen molar-refractivity contribution >= 4 is 12.1 Å². The largest absolute Gasteiger partial charge is 0.378 e. The number of amides is 4. The Morgan fingerprint density at radius 1 is 1.12 bits per heavy atom. The molecule has 2 rings (SSSR count). The SMILES string of the molecule is CC(C)NC(=O)NC1CCCC(CC(C)NC(=O)N2CCOCC2)C1. The molecule has 7 heteroatoms. The van der Waals surface area contributed by atoms with E-state index in [4.69, 9.17) is 4.74 Å². The summed E-state index contributed by atoms with van der Waals surface area (Å²) in [6.45, 7) is 8.56. The summed E-state index contributed by atoms with van der Waals surface area (Å²) in [5, 5.41) is 9.08. The van der Waals surface area contributed by atoms with Crippen molar-refractivity contribution in [3.63, 3.8) is 0 Å². The lowest BCUT2D eigenvalue weighted by molar-refractivity contribution is 0.0523. The third-order valence-corrected chi connectivity index (χ3v) is 4.89. The van der Waals surface area contributed by atoms with Crippen LogP contribution in [-0.2, 0) is 4.74 Å². The Morgan fingerprint density at radius 3 is 2.52 bits per heavy atom. The van der Waals surface area contributed by atoms with Gasteiger partial charge in [0.1, 0.15) is 0 Å². The smallest absolute Gasteiger partial charge is 0.317 e. The van der Waals surface area contributed by atoms with Gasteiger partial charge in [-0.05, 0) is 46.0 Å². The van der Waals surface area contributed by atoms with Crippen molar-refractivity contribution in [2.75, 3.05) is 26.3 Å². The van der Waals surface area contributed by atoms with Crippen LogP contribution in [0.1, 0.15) is 52.9 Å². The molecule has 3 atom stereocenters. The number of nitrogens with zero attached hydrogens (tertiary/aromatic N) is 1. The molecule has 1 aliphatic heterocycles. The topological polar surface area (TPSA) is 82.7 Å². The van der Waals surface area contributed by atoms with E-state index in [1.807, 2.05) is 18.7 Å². The number of carbonyl (C=O) groups excluding carboxylic acids is 2. The Labute approximate surface area is 151 Å². The van der Waals surface area contributed by atoms with Crippen LogP contribution in [0, 0.1) is 5.92 Å². The Hall–Kier alpha value is -1.50. The van der Waals surface area contributed by atoms with E-state index < -0.39 is 0 Å². The van der Waals surface area contributed by atoms with Crippen LogP contribution in [-0.4, -0.2) is 61.4 Å². The molecule has 1 aliphatic carbocycles. The molecular formula is C18H34N4O3. The van der Waals surface area contributed by atoms with Gasteiger partial charge in [0.15, 0.2) is 0 Å². The zero-order valence-corrected chi connectivity index (χ0v) is 15.8. The maximum absolute atomic E-state index is 12.3. The van der Waals surface area contributed by atoms with E-state index in [0.29, 0.717) is 32.2 Å². The van der Waals surface area contributed by atoms with E-state index in [9.17, 15) is 9.59 Å². The van der Waals surface area contributed by atoms with Crippen molar-refractivity contribution in [1.82, 2.24) is 20.9 Å². The fourth-order valence-corrected chi connectivity index (χ4v) is 3.75. The predicted molar refractivity (Wildman–Crippen MR) is 97.6 cm³/mol. The van der Waals surface area contributed by atoms with Gasteiger partial charge >= 0.3 is 12.1 Å². The number of hydrogen-bond donors (Lipinski definition) is 3. The van der Waals surface area contributed by atoms with Crippen molar-refractivity contribution in [3.05, 3.63) is 0 Å². The second kappa shape index (κ2) is 9.85. The van der Waals surface area contributed by atoms with E-state index >= 15 is 0 Å². The Kier molecular flexibility index (Phi) is 7.81. The van der Waals surface area contributed by atoms with Crippen LogP contribution >= 0.6 is 0 Å². The number of rotatable bonds is 5. The summed E-state index contributed by atoms with van der Waals surface area (Å²) in [4.78, 5) is 26.0. The van der Waals surface area contributed by atoms with Crippen LogP contribution in [0.15, 0.2) is 0 Å². The first-order valence-electron chi connectivity index (χ1n) is 9.64. The minimum atomic E-state index is -0.0747. The first kappa shape index (κ1) is 19.8. The zero-order valence-electron chi connectivity index (χ0n) is 15.8. The molecule has 0 bridgehead atoms. The van der Waals surface area contributed by atoms with Crippen LogP contribution in [0.2, 0.25) is 0 Å². The summed E-state index contributed by atoms with van der Waals surface area (Å²) in [5.41, 5.74) is 0. The highest BCUT2D eigenvalue weighted by molar-refractivity contribution is 5.75. The highest BCUT2D eigenvalue weighted by Gasteiger charge is 2.26. The molecule has 0 aromatic carbocycles. The Morgan fingerprint density at radius 2 is 1.84 bits per heavy atom. The molecule has 3 N–H and O–H groups in total. The van der Waals surface area contributed by atoms with Crippen LogP contribution in [0.5, 0.6) is 0 Å². The molecule has 0 radical (unpaired) electrons. The number of ether oxygens (including phenoxy) is 1. The molecule has 2 aliphatic rings. The third-order valence-electron chi connectivity index (χ3n) is 4.89. The summed E-state index contributed by atoms with van der Waals surface area (Å²) in [7, 11) is 0. The predicted octanol–water partition coefficient (Wildman–Crippen LogP) is 2.07. The number of morpholine rings is 1. The van der Waals surface area contributed by atoms with Gasteiger partial charge in [0.05, 0.1) is 13.2 Å². The molecule has 0 spiro atoms. The van der Waals surface area contributed by atoms with Gasteiger partial charge in [0, 0.05) is 31.2 Å². The van der Waals surface area contributed by atoms with E-state index in [1.165, 1.54) is 6.42 Å². The molecule has 1 saturated heterocycles. The molecule has 2 fully saturated rings. The summed E-state index contributed by atoms with van der Waals surface area (Å²) in [6, 6.07) is 0.463. The number of urea groups is 2. The molecule has 0 aromatic rings. The standard InChI is InChI=1S/C18H34N4O3/c1-13(2)19-17(23)21-16-6-4-5-15(12-16)11-14(3)20-18(24)22-7-9-25-10-8-22/h13-16H,4-12H2,1-3H3,(H,20,24)(H2,19,21,23). The van der Waals surface area contributed by atoms with Crippen molar-refractivity contribution in [3.8, 4) is 0 Å². The molecular weight excluding hydrogens is 320 g/mol. The molecule has 1 saturated carbocycles. The second-order valence-electron chi connectivity index (χ2n) is 7.69. The first-order valence-corrected chi connectivity index (χ1v) is 9.64. The second-order valence-corrected chi connectivity index (χ2v) is 7.69. The fraction of sp³-hybridized carbons (Fsp3) is 0.889. The van der Waals surface area contributed by atoms with E-state index in [-0.39, 0.29) is 30.2 Å². The number of nitrogens with one attached hydrogen (secondary N) is 3. The highest BCUT2D eigenvalue weighted by atomic mass is 16.5. The van der Waals surface area contributed by atoms with Gasteiger partial charge in [-0.2, -0.15) is 0 Å². The summed E-state index contributed by atoms with van der Waals surface area (Å²) in [5.74, 6) is 0.540. The maximum Gasteiger partial charge on any atom is 0.317 e. The number of carbonyl (C=O) groups is 2. The van der Waals surface area contributed by atoms with Gasteiger partial charge in [-0.3, -0.25) is 0 Å². The minimum Gasteiger partial charge on any atom is -0.378 e. The normalized spacial score (nSPS) is 25.4. The van der Waals surface area contributed by atoms with E-state index in [1.54, 1.807) is 0 Å². The summed E-state index contributed by atoms with van der Waals surface area (Å²) >= 11 is 0. The van der Waals surface area contributed by atoms with Crippen molar-refractivity contribution in [2.45, 2.75) is 71.0 Å². The third kappa shape index (κ3) is 7.10. The summed E-state index contributed by atoms with van der Waals surface area (Å²) < 4.78 is 5.28. The lowest BCUT2D eigenvalue weighted by Crippen LogP contribution is -2.49. The first-order chi connectivity index (χ1) is 11.9. The van der Waals surface area contributed by atoms with Gasteiger partial charge in [0.2, 0.25) is 0 Å². The fourth-order valence-electron chi connectivity index (χ4n) is 3.75. The Balaban J connectivity index is 1.71. The molecule has 1 heterocycles. The molecule has 144 valence electrons. The van der Waals surface area contributed by atoms with Crippen LogP contribution < -0.4 is 16.0 Å². The van der Waals surface area contributed by atoms with Gasteiger partial charge in [-0.25, -0.2) is 9.59 Å². The lowest BCUT2D eigenvalue weighted by atomic mass is 9.82. The monoisotopic (exact) mass is 354 g/mol. The van der Waals surface area contributed by atoms with Crippen molar-refractivity contribution in [2.24, 2.45) is 5.92 Å². The molecule has 7 nitrogen and oxygen atoms in total. The zero-order chi connectivity index (χ0) is 18.2. The van der Waals surface area contributed by atoms with Crippen molar-refractivity contribution < 1.29 is 14.3 Å².